The molecule has 1 atom stereocenters. The standard InChI is InChI=1S/C11H17N3/c1-3-6-11(4-2)12-8-10-14-9-5-7-13-14/h1,5,7,9,11-12H,4,6,8,10H2,2H3. The number of hydrogen-bond acceptors (Lipinski definition) is 2. The minimum Gasteiger partial charge on any atom is -0.311 e. The van der Waals surface area contributed by atoms with Crippen molar-refractivity contribution in [2.75, 3.05) is 6.54 Å². The second kappa shape index (κ2) is 6.22. The first-order valence-corrected chi connectivity index (χ1v) is 5.01. The van der Waals surface area contributed by atoms with Gasteiger partial charge in [-0.2, -0.15) is 5.10 Å². The molecule has 0 spiro atoms. The molecule has 76 valence electrons. The van der Waals surface area contributed by atoms with Crippen LogP contribution in [0.2, 0.25) is 0 Å². The molecule has 0 radical (unpaired) electrons. The Bertz CT molecular complexity index is 271. The van der Waals surface area contributed by atoms with E-state index in [0.29, 0.717) is 6.04 Å². The van der Waals surface area contributed by atoms with Gasteiger partial charge >= 0.3 is 0 Å². The van der Waals surface area contributed by atoms with Crippen LogP contribution >= 0.6 is 0 Å². The molecular weight excluding hydrogens is 174 g/mol. The summed E-state index contributed by atoms with van der Waals surface area (Å²) < 4.78 is 1.91. The lowest BCUT2D eigenvalue weighted by atomic mass is 10.1. The molecule has 1 unspecified atom stereocenters. The third kappa shape index (κ3) is 3.63. The lowest BCUT2D eigenvalue weighted by Crippen LogP contribution is -2.31. The van der Waals surface area contributed by atoms with Crippen molar-refractivity contribution in [3.63, 3.8) is 0 Å². The average molecular weight is 191 g/mol. The molecule has 1 aromatic rings. The van der Waals surface area contributed by atoms with Crippen LogP contribution in [0.3, 0.4) is 0 Å². The molecule has 1 heterocycles. The van der Waals surface area contributed by atoms with Crippen molar-refractivity contribution in [3.8, 4) is 12.3 Å². The van der Waals surface area contributed by atoms with Crippen molar-refractivity contribution in [1.82, 2.24) is 15.1 Å². The number of terminal acetylenes is 1. The van der Waals surface area contributed by atoms with Gasteiger partial charge in [-0.3, -0.25) is 4.68 Å². The summed E-state index contributed by atoms with van der Waals surface area (Å²) in [5.74, 6) is 2.68. The van der Waals surface area contributed by atoms with E-state index in [1.165, 1.54) is 0 Å². The summed E-state index contributed by atoms with van der Waals surface area (Å²) in [4.78, 5) is 0. The topological polar surface area (TPSA) is 29.9 Å². The maximum atomic E-state index is 5.26. The quantitative estimate of drug-likeness (QED) is 0.686. The van der Waals surface area contributed by atoms with Crippen LogP contribution in [-0.2, 0) is 6.54 Å². The average Bonchev–Trinajstić information content (AvgIpc) is 2.69. The molecule has 0 saturated carbocycles. The molecule has 0 aliphatic rings. The summed E-state index contributed by atoms with van der Waals surface area (Å²) in [6.07, 6.45) is 10.9. The Morgan fingerprint density at radius 3 is 3.07 bits per heavy atom. The molecule has 0 aliphatic heterocycles. The van der Waals surface area contributed by atoms with E-state index >= 15 is 0 Å². The van der Waals surface area contributed by atoms with Crippen LogP contribution < -0.4 is 5.32 Å². The molecule has 1 rings (SSSR count). The van der Waals surface area contributed by atoms with Gasteiger partial charge in [0.2, 0.25) is 0 Å². The van der Waals surface area contributed by atoms with E-state index in [1.807, 2.05) is 16.9 Å². The summed E-state index contributed by atoms with van der Waals surface area (Å²) in [6, 6.07) is 2.37. The van der Waals surface area contributed by atoms with E-state index in [9.17, 15) is 0 Å². The Labute approximate surface area is 85.5 Å². The fraction of sp³-hybridized carbons (Fsp3) is 0.545. The third-order valence-electron chi connectivity index (χ3n) is 2.19. The van der Waals surface area contributed by atoms with E-state index in [0.717, 1.165) is 25.9 Å². The lowest BCUT2D eigenvalue weighted by Gasteiger charge is -2.13. The van der Waals surface area contributed by atoms with Crippen molar-refractivity contribution < 1.29 is 0 Å². The first-order valence-electron chi connectivity index (χ1n) is 5.01. The minimum atomic E-state index is 0.440. The van der Waals surface area contributed by atoms with E-state index in [1.54, 1.807) is 6.20 Å². The van der Waals surface area contributed by atoms with Gasteiger partial charge in [0, 0.05) is 31.4 Å². The van der Waals surface area contributed by atoms with Crippen LogP contribution in [0.25, 0.3) is 0 Å². The van der Waals surface area contributed by atoms with Gasteiger partial charge in [-0.15, -0.1) is 12.3 Å². The van der Waals surface area contributed by atoms with Crippen LogP contribution in [0.4, 0.5) is 0 Å². The number of hydrogen-bond donors (Lipinski definition) is 1. The van der Waals surface area contributed by atoms with Gasteiger partial charge in [0.25, 0.3) is 0 Å². The molecule has 3 nitrogen and oxygen atoms in total. The van der Waals surface area contributed by atoms with Crippen LogP contribution in [0.15, 0.2) is 18.5 Å². The van der Waals surface area contributed by atoms with Crippen molar-refractivity contribution in [1.29, 1.82) is 0 Å². The third-order valence-corrected chi connectivity index (χ3v) is 2.19. The Hall–Kier alpha value is -1.27. The van der Waals surface area contributed by atoms with Crippen LogP contribution in [0.1, 0.15) is 19.8 Å². The Morgan fingerprint density at radius 2 is 2.50 bits per heavy atom. The molecule has 14 heavy (non-hydrogen) atoms. The van der Waals surface area contributed by atoms with Gasteiger partial charge in [0.1, 0.15) is 0 Å². The highest BCUT2D eigenvalue weighted by Gasteiger charge is 2.02. The second-order valence-electron chi connectivity index (χ2n) is 3.24. The summed E-state index contributed by atoms with van der Waals surface area (Å²) in [5.41, 5.74) is 0. The minimum absolute atomic E-state index is 0.440. The molecular formula is C11H17N3. The molecule has 0 aliphatic carbocycles. The van der Waals surface area contributed by atoms with Crippen LogP contribution in [-0.4, -0.2) is 22.4 Å². The number of nitrogens with zero attached hydrogens (tertiary/aromatic N) is 2. The Balaban J connectivity index is 2.17. The molecule has 1 aromatic heterocycles. The normalized spacial score (nSPS) is 12.3. The SMILES string of the molecule is C#CCC(CC)NCCn1cccn1. The van der Waals surface area contributed by atoms with Crippen LogP contribution in [0, 0.1) is 12.3 Å². The van der Waals surface area contributed by atoms with Crippen LogP contribution in [0.5, 0.6) is 0 Å². The van der Waals surface area contributed by atoms with Crippen molar-refractivity contribution >= 4 is 0 Å². The summed E-state index contributed by atoms with van der Waals surface area (Å²) in [6.45, 7) is 3.96. The van der Waals surface area contributed by atoms with Gasteiger partial charge in [-0.25, -0.2) is 0 Å². The first kappa shape index (κ1) is 10.8. The Kier molecular flexibility index (Phi) is 4.81. The summed E-state index contributed by atoms with van der Waals surface area (Å²) >= 11 is 0. The molecule has 0 aromatic carbocycles. The van der Waals surface area contributed by atoms with Crippen molar-refractivity contribution in [3.05, 3.63) is 18.5 Å². The highest BCUT2D eigenvalue weighted by atomic mass is 15.3. The smallest absolute Gasteiger partial charge is 0.0534 e. The number of rotatable bonds is 6. The zero-order chi connectivity index (χ0) is 10.2. The zero-order valence-electron chi connectivity index (χ0n) is 8.61. The monoisotopic (exact) mass is 191 g/mol. The maximum Gasteiger partial charge on any atom is 0.0534 e. The van der Waals surface area contributed by atoms with Gasteiger partial charge in [0.05, 0.1) is 6.54 Å². The largest absolute Gasteiger partial charge is 0.311 e. The van der Waals surface area contributed by atoms with Gasteiger partial charge in [-0.05, 0) is 12.5 Å². The van der Waals surface area contributed by atoms with E-state index in [4.69, 9.17) is 6.42 Å². The van der Waals surface area contributed by atoms with Gasteiger partial charge in [0.15, 0.2) is 0 Å². The predicted molar refractivity (Wildman–Crippen MR) is 57.8 cm³/mol. The second-order valence-corrected chi connectivity index (χ2v) is 3.24. The van der Waals surface area contributed by atoms with Crippen molar-refractivity contribution in [2.24, 2.45) is 0 Å². The van der Waals surface area contributed by atoms with E-state index < -0.39 is 0 Å². The lowest BCUT2D eigenvalue weighted by molar-refractivity contribution is 0.470. The maximum absolute atomic E-state index is 5.26. The molecule has 0 saturated heterocycles. The predicted octanol–water partition coefficient (Wildman–Crippen LogP) is 1.27. The van der Waals surface area contributed by atoms with Crippen molar-refractivity contribution in [2.45, 2.75) is 32.4 Å². The molecule has 0 bridgehead atoms. The fourth-order valence-electron chi connectivity index (χ4n) is 1.32. The Morgan fingerprint density at radius 1 is 1.64 bits per heavy atom. The molecule has 1 N–H and O–H groups in total. The number of nitrogens with one attached hydrogen (secondary N) is 1. The molecule has 3 heteroatoms. The first-order chi connectivity index (χ1) is 6.86. The molecule has 0 amide bonds. The zero-order valence-corrected chi connectivity index (χ0v) is 8.61. The molecule has 0 fully saturated rings. The van der Waals surface area contributed by atoms with E-state index in [-0.39, 0.29) is 0 Å². The fourth-order valence-corrected chi connectivity index (χ4v) is 1.32. The summed E-state index contributed by atoms with van der Waals surface area (Å²) in [5, 5.41) is 7.53. The van der Waals surface area contributed by atoms with E-state index in [2.05, 4.69) is 23.3 Å². The van der Waals surface area contributed by atoms with Gasteiger partial charge < -0.3 is 5.32 Å². The van der Waals surface area contributed by atoms with Gasteiger partial charge in [-0.1, -0.05) is 6.92 Å². The highest BCUT2D eigenvalue weighted by molar-refractivity contribution is 4.89. The highest BCUT2D eigenvalue weighted by Crippen LogP contribution is 1.95. The summed E-state index contributed by atoms with van der Waals surface area (Å²) in [7, 11) is 0. The number of aromatic nitrogens is 2.